The van der Waals surface area contributed by atoms with Gasteiger partial charge < -0.3 is 0 Å². The Bertz CT molecular complexity index is 1130. The van der Waals surface area contributed by atoms with Crippen molar-refractivity contribution >= 4 is 21.6 Å². The minimum atomic E-state index is 0.401. The van der Waals surface area contributed by atoms with Gasteiger partial charge in [0, 0.05) is 37.9 Å². The van der Waals surface area contributed by atoms with Gasteiger partial charge in [-0.05, 0) is 54.2 Å². The minimum Gasteiger partial charge on any atom is -0.296 e. The highest BCUT2D eigenvalue weighted by molar-refractivity contribution is 7.16. The summed E-state index contributed by atoms with van der Waals surface area (Å²) in [5.74, 6) is 0. The van der Waals surface area contributed by atoms with Crippen molar-refractivity contribution in [3.05, 3.63) is 71.0 Å². The SMILES string of the molecule is C[C@H](c1ccc2scnc2c1)N1CCc2ccc(-c3cnn(C)c3)cc2CC1. The normalized spacial score (nSPS) is 16.1. The summed E-state index contributed by atoms with van der Waals surface area (Å²) in [5, 5.41) is 4.31. The Morgan fingerprint density at radius 1 is 1.00 bits per heavy atom. The maximum absolute atomic E-state index is 4.49. The zero-order valence-corrected chi connectivity index (χ0v) is 17.1. The summed E-state index contributed by atoms with van der Waals surface area (Å²) in [6.07, 6.45) is 6.22. The molecule has 0 saturated heterocycles. The highest BCUT2D eigenvalue weighted by atomic mass is 32.1. The van der Waals surface area contributed by atoms with E-state index in [1.165, 1.54) is 32.5 Å². The number of thiazole rings is 1. The fraction of sp³-hybridized carbons (Fsp3) is 0.304. The molecule has 3 heterocycles. The molecule has 4 aromatic rings. The number of nitrogens with zero attached hydrogens (tertiary/aromatic N) is 4. The molecular weight excluding hydrogens is 364 g/mol. The molecule has 28 heavy (non-hydrogen) atoms. The van der Waals surface area contributed by atoms with Gasteiger partial charge in [0.1, 0.15) is 0 Å². The first-order valence-corrected chi connectivity index (χ1v) is 10.7. The molecule has 142 valence electrons. The number of fused-ring (bicyclic) bond motifs is 2. The van der Waals surface area contributed by atoms with Crippen LogP contribution >= 0.6 is 11.3 Å². The van der Waals surface area contributed by atoms with E-state index in [-0.39, 0.29) is 0 Å². The summed E-state index contributed by atoms with van der Waals surface area (Å²) < 4.78 is 3.13. The van der Waals surface area contributed by atoms with E-state index in [1.807, 2.05) is 23.4 Å². The third kappa shape index (κ3) is 3.25. The van der Waals surface area contributed by atoms with Gasteiger partial charge in [0.2, 0.25) is 0 Å². The first-order chi connectivity index (χ1) is 13.7. The second kappa shape index (κ2) is 7.15. The number of rotatable bonds is 3. The molecule has 0 saturated carbocycles. The predicted octanol–water partition coefficient (Wildman–Crippen LogP) is 4.86. The molecule has 5 heteroatoms. The molecule has 0 amide bonds. The Morgan fingerprint density at radius 2 is 1.86 bits per heavy atom. The Morgan fingerprint density at radius 3 is 2.68 bits per heavy atom. The van der Waals surface area contributed by atoms with Crippen LogP contribution in [0.15, 0.2) is 54.3 Å². The van der Waals surface area contributed by atoms with Gasteiger partial charge >= 0.3 is 0 Å². The van der Waals surface area contributed by atoms with E-state index in [1.54, 1.807) is 11.3 Å². The van der Waals surface area contributed by atoms with E-state index < -0.39 is 0 Å². The molecule has 0 N–H and O–H groups in total. The molecule has 0 unspecified atom stereocenters. The van der Waals surface area contributed by atoms with E-state index in [9.17, 15) is 0 Å². The van der Waals surface area contributed by atoms with Crippen molar-refractivity contribution in [2.75, 3.05) is 13.1 Å². The topological polar surface area (TPSA) is 34.0 Å². The molecule has 0 bridgehead atoms. The summed E-state index contributed by atoms with van der Waals surface area (Å²) in [6, 6.07) is 14.1. The van der Waals surface area contributed by atoms with Crippen molar-refractivity contribution in [3.63, 3.8) is 0 Å². The second-order valence-corrected chi connectivity index (χ2v) is 8.56. The van der Waals surface area contributed by atoms with Gasteiger partial charge in [0.05, 0.1) is 21.9 Å². The van der Waals surface area contributed by atoms with Crippen LogP contribution in [0, 0.1) is 0 Å². The Kier molecular flexibility index (Phi) is 4.49. The molecule has 4 nitrogen and oxygen atoms in total. The third-order valence-electron chi connectivity index (χ3n) is 5.97. The number of aromatic nitrogens is 3. The van der Waals surface area contributed by atoms with Crippen LogP contribution < -0.4 is 0 Å². The molecule has 2 aromatic carbocycles. The molecule has 0 radical (unpaired) electrons. The molecule has 1 aliphatic rings. The lowest BCUT2D eigenvalue weighted by Gasteiger charge is -2.28. The number of aryl methyl sites for hydroxylation is 1. The van der Waals surface area contributed by atoms with Crippen molar-refractivity contribution in [3.8, 4) is 11.1 Å². The van der Waals surface area contributed by atoms with Crippen molar-refractivity contribution in [2.45, 2.75) is 25.8 Å². The monoisotopic (exact) mass is 388 g/mol. The molecule has 0 fully saturated rings. The summed E-state index contributed by atoms with van der Waals surface area (Å²) in [5.41, 5.74) is 9.83. The fourth-order valence-electron chi connectivity index (χ4n) is 4.23. The molecule has 2 aromatic heterocycles. The lowest BCUT2D eigenvalue weighted by molar-refractivity contribution is 0.221. The Hall–Kier alpha value is -2.50. The lowest BCUT2D eigenvalue weighted by atomic mass is 9.98. The van der Waals surface area contributed by atoms with Crippen LogP contribution in [-0.2, 0) is 19.9 Å². The van der Waals surface area contributed by atoms with Crippen LogP contribution in [0.4, 0.5) is 0 Å². The van der Waals surface area contributed by atoms with Crippen LogP contribution in [0.5, 0.6) is 0 Å². The third-order valence-corrected chi connectivity index (χ3v) is 6.78. The van der Waals surface area contributed by atoms with Crippen molar-refractivity contribution in [2.24, 2.45) is 7.05 Å². The summed E-state index contributed by atoms with van der Waals surface area (Å²) in [4.78, 5) is 7.10. The van der Waals surface area contributed by atoms with E-state index >= 15 is 0 Å². The summed E-state index contributed by atoms with van der Waals surface area (Å²) >= 11 is 1.71. The van der Waals surface area contributed by atoms with E-state index in [0.717, 1.165) is 31.4 Å². The molecule has 0 spiro atoms. The maximum Gasteiger partial charge on any atom is 0.0815 e. The first kappa shape index (κ1) is 17.6. The standard InChI is InChI=1S/C23H24N4S/c1-16(18-5-6-23-22(12-18)24-15-28-23)27-9-7-17-3-4-19(11-20(17)8-10-27)21-13-25-26(2)14-21/h3-6,11-16H,7-10H2,1-2H3/t16-/m1/s1. The van der Waals surface area contributed by atoms with Gasteiger partial charge in [0.15, 0.2) is 0 Å². The predicted molar refractivity (Wildman–Crippen MR) is 116 cm³/mol. The van der Waals surface area contributed by atoms with E-state index in [0.29, 0.717) is 6.04 Å². The van der Waals surface area contributed by atoms with Crippen LogP contribution in [0.1, 0.15) is 29.7 Å². The van der Waals surface area contributed by atoms with Crippen molar-refractivity contribution in [1.29, 1.82) is 0 Å². The second-order valence-electron chi connectivity index (χ2n) is 7.68. The molecular formula is C23H24N4S. The van der Waals surface area contributed by atoms with E-state index in [4.69, 9.17) is 0 Å². The fourth-order valence-corrected chi connectivity index (χ4v) is 4.88. The van der Waals surface area contributed by atoms with Gasteiger partial charge in [-0.1, -0.05) is 24.3 Å². The van der Waals surface area contributed by atoms with Crippen molar-refractivity contribution in [1.82, 2.24) is 19.7 Å². The van der Waals surface area contributed by atoms with Gasteiger partial charge in [-0.3, -0.25) is 9.58 Å². The maximum atomic E-state index is 4.49. The van der Waals surface area contributed by atoms with Crippen LogP contribution in [-0.4, -0.2) is 32.8 Å². The molecule has 1 aliphatic heterocycles. The number of hydrogen-bond acceptors (Lipinski definition) is 4. The van der Waals surface area contributed by atoms with E-state index in [2.05, 4.69) is 64.5 Å². The van der Waals surface area contributed by atoms with Gasteiger partial charge in [-0.2, -0.15) is 5.10 Å². The number of hydrogen-bond donors (Lipinski definition) is 0. The lowest BCUT2D eigenvalue weighted by Crippen LogP contribution is -2.29. The van der Waals surface area contributed by atoms with Crippen molar-refractivity contribution < 1.29 is 0 Å². The zero-order chi connectivity index (χ0) is 19.1. The Balaban J connectivity index is 1.36. The molecule has 0 aliphatic carbocycles. The molecule has 5 rings (SSSR count). The van der Waals surface area contributed by atoms with Crippen LogP contribution in [0.25, 0.3) is 21.3 Å². The van der Waals surface area contributed by atoms with Crippen LogP contribution in [0.3, 0.4) is 0 Å². The zero-order valence-electron chi connectivity index (χ0n) is 16.3. The minimum absolute atomic E-state index is 0.401. The van der Waals surface area contributed by atoms with Gasteiger partial charge in [-0.15, -0.1) is 11.3 Å². The van der Waals surface area contributed by atoms with Gasteiger partial charge in [-0.25, -0.2) is 4.98 Å². The first-order valence-electron chi connectivity index (χ1n) is 9.85. The average Bonchev–Trinajstić information content (AvgIpc) is 3.30. The largest absolute Gasteiger partial charge is 0.296 e. The average molecular weight is 389 g/mol. The summed E-state index contributed by atoms with van der Waals surface area (Å²) in [6.45, 7) is 4.50. The summed E-state index contributed by atoms with van der Waals surface area (Å²) in [7, 11) is 1.97. The Labute approximate surface area is 169 Å². The molecule has 1 atom stereocenters. The highest BCUT2D eigenvalue weighted by Crippen LogP contribution is 2.29. The smallest absolute Gasteiger partial charge is 0.0815 e. The number of benzene rings is 2. The van der Waals surface area contributed by atoms with Crippen LogP contribution in [0.2, 0.25) is 0 Å². The highest BCUT2D eigenvalue weighted by Gasteiger charge is 2.20. The van der Waals surface area contributed by atoms with Gasteiger partial charge in [0.25, 0.3) is 0 Å². The quantitative estimate of drug-likeness (QED) is 0.503.